The van der Waals surface area contributed by atoms with Gasteiger partial charge in [-0.2, -0.15) is 5.10 Å². The fraction of sp³-hybridized carbons (Fsp3) is 0.136. The first-order valence-corrected chi connectivity index (χ1v) is 9.01. The number of hydrazone groups is 1. The van der Waals surface area contributed by atoms with Gasteiger partial charge in [-0.25, -0.2) is 9.82 Å². The quantitative estimate of drug-likeness (QED) is 0.509. The van der Waals surface area contributed by atoms with Crippen LogP contribution in [0.25, 0.3) is 5.69 Å². The van der Waals surface area contributed by atoms with Crippen molar-refractivity contribution in [3.8, 4) is 5.69 Å². The number of carbonyl (C=O) groups excluding carboxylic acids is 2. The summed E-state index contributed by atoms with van der Waals surface area (Å²) in [6, 6.07) is 14.8. The average molecular weight is 392 g/mol. The lowest BCUT2D eigenvalue weighted by Gasteiger charge is -2.09. The molecule has 0 radical (unpaired) electrons. The maximum atomic E-state index is 13.2. The van der Waals surface area contributed by atoms with Crippen molar-refractivity contribution in [3.63, 3.8) is 0 Å². The molecule has 2 amide bonds. The number of aryl methyl sites for hydroxylation is 1. The van der Waals surface area contributed by atoms with Gasteiger partial charge in [-0.3, -0.25) is 9.59 Å². The van der Waals surface area contributed by atoms with E-state index in [1.165, 1.54) is 19.1 Å². The zero-order valence-corrected chi connectivity index (χ0v) is 16.4. The Labute approximate surface area is 168 Å². The SMILES string of the molecule is CC(=O)Nc1cccc(C(=O)N/N=C\c2cc(C)n(-c3ccc(F)cc3)c2C)c1. The molecule has 29 heavy (non-hydrogen) atoms. The van der Waals surface area contributed by atoms with Crippen molar-refractivity contribution in [2.45, 2.75) is 20.8 Å². The van der Waals surface area contributed by atoms with Gasteiger partial charge in [0.15, 0.2) is 0 Å². The molecule has 0 aliphatic rings. The number of amides is 2. The normalized spacial score (nSPS) is 10.9. The van der Waals surface area contributed by atoms with E-state index in [-0.39, 0.29) is 17.6 Å². The molecule has 0 bridgehead atoms. The summed E-state index contributed by atoms with van der Waals surface area (Å²) in [7, 11) is 0. The van der Waals surface area contributed by atoms with Crippen LogP contribution in [-0.2, 0) is 4.79 Å². The zero-order valence-electron chi connectivity index (χ0n) is 16.4. The highest BCUT2D eigenvalue weighted by atomic mass is 19.1. The minimum Gasteiger partial charge on any atom is -0.326 e. The Hall–Kier alpha value is -3.74. The number of hydrogen-bond donors (Lipinski definition) is 2. The second-order valence-corrected chi connectivity index (χ2v) is 6.60. The average Bonchev–Trinajstić information content (AvgIpc) is 2.96. The van der Waals surface area contributed by atoms with E-state index in [1.54, 1.807) is 42.6 Å². The Morgan fingerprint density at radius 3 is 2.48 bits per heavy atom. The van der Waals surface area contributed by atoms with E-state index >= 15 is 0 Å². The monoisotopic (exact) mass is 392 g/mol. The number of benzene rings is 2. The lowest BCUT2D eigenvalue weighted by molar-refractivity contribution is -0.114. The number of nitrogens with zero attached hydrogens (tertiary/aromatic N) is 2. The van der Waals surface area contributed by atoms with Crippen molar-refractivity contribution < 1.29 is 14.0 Å². The van der Waals surface area contributed by atoms with Crippen molar-refractivity contribution in [1.82, 2.24) is 9.99 Å². The summed E-state index contributed by atoms with van der Waals surface area (Å²) in [6.45, 7) is 5.27. The van der Waals surface area contributed by atoms with Crippen molar-refractivity contribution >= 4 is 23.7 Å². The van der Waals surface area contributed by atoms with Gasteiger partial charge in [0.2, 0.25) is 5.91 Å². The number of rotatable bonds is 5. The molecule has 1 heterocycles. The lowest BCUT2D eigenvalue weighted by Crippen LogP contribution is -2.18. The molecule has 3 rings (SSSR count). The molecule has 0 unspecified atom stereocenters. The van der Waals surface area contributed by atoms with Crippen LogP contribution in [0.15, 0.2) is 59.7 Å². The summed E-state index contributed by atoms with van der Waals surface area (Å²) in [5.74, 6) is -0.888. The number of anilines is 1. The van der Waals surface area contributed by atoms with E-state index in [1.807, 2.05) is 24.5 Å². The maximum absolute atomic E-state index is 13.2. The van der Waals surface area contributed by atoms with Crippen LogP contribution in [0, 0.1) is 19.7 Å². The third kappa shape index (κ3) is 4.76. The predicted octanol–water partition coefficient (Wildman–Crippen LogP) is 3.96. The van der Waals surface area contributed by atoms with Crippen LogP contribution < -0.4 is 10.7 Å². The zero-order chi connectivity index (χ0) is 21.0. The molecule has 0 aliphatic carbocycles. The van der Waals surface area contributed by atoms with E-state index in [9.17, 15) is 14.0 Å². The van der Waals surface area contributed by atoms with E-state index in [0.29, 0.717) is 11.3 Å². The molecule has 148 valence electrons. The summed E-state index contributed by atoms with van der Waals surface area (Å²) in [5.41, 5.74) is 6.97. The lowest BCUT2D eigenvalue weighted by atomic mass is 10.2. The number of carbonyl (C=O) groups is 2. The van der Waals surface area contributed by atoms with E-state index in [4.69, 9.17) is 0 Å². The molecular weight excluding hydrogens is 371 g/mol. The summed E-state index contributed by atoms with van der Waals surface area (Å²) in [4.78, 5) is 23.5. The van der Waals surface area contributed by atoms with Gasteiger partial charge in [0.1, 0.15) is 5.82 Å². The minimum atomic E-state index is -0.388. The maximum Gasteiger partial charge on any atom is 0.271 e. The van der Waals surface area contributed by atoms with Crippen LogP contribution in [0.1, 0.15) is 34.2 Å². The standard InChI is InChI=1S/C22H21FN4O2/c1-14-11-18(15(2)27(14)21-9-7-19(23)8-10-21)13-24-26-22(29)17-5-4-6-20(12-17)25-16(3)28/h4-13H,1-3H3,(H,25,28)(H,26,29)/b24-13-. The first kappa shape index (κ1) is 20.0. The third-order valence-electron chi connectivity index (χ3n) is 4.37. The molecule has 6 nitrogen and oxygen atoms in total. The van der Waals surface area contributed by atoms with Crippen LogP contribution >= 0.6 is 0 Å². The minimum absolute atomic E-state index is 0.211. The molecule has 3 aromatic rings. The van der Waals surface area contributed by atoms with Crippen LogP contribution in [0.4, 0.5) is 10.1 Å². The highest BCUT2D eigenvalue weighted by molar-refractivity contribution is 5.97. The molecule has 2 N–H and O–H groups in total. The Balaban J connectivity index is 1.74. The first-order valence-electron chi connectivity index (χ1n) is 9.01. The fourth-order valence-electron chi connectivity index (χ4n) is 3.07. The van der Waals surface area contributed by atoms with Crippen molar-refractivity contribution in [1.29, 1.82) is 0 Å². The van der Waals surface area contributed by atoms with Gasteiger partial charge in [-0.05, 0) is 62.4 Å². The van der Waals surface area contributed by atoms with Crippen molar-refractivity contribution in [3.05, 3.63) is 82.9 Å². The first-order chi connectivity index (χ1) is 13.8. The molecular formula is C22H21FN4O2. The van der Waals surface area contributed by atoms with E-state index < -0.39 is 0 Å². The number of aromatic nitrogens is 1. The van der Waals surface area contributed by atoms with Gasteiger partial charge in [0.25, 0.3) is 5.91 Å². The van der Waals surface area contributed by atoms with Crippen LogP contribution in [-0.4, -0.2) is 22.6 Å². The largest absolute Gasteiger partial charge is 0.326 e. The fourth-order valence-corrected chi connectivity index (χ4v) is 3.07. The highest BCUT2D eigenvalue weighted by Crippen LogP contribution is 2.20. The topological polar surface area (TPSA) is 75.5 Å². The summed E-state index contributed by atoms with van der Waals surface area (Å²) in [6.07, 6.45) is 1.57. The number of halogens is 1. The molecule has 0 saturated carbocycles. The molecule has 0 saturated heterocycles. The summed E-state index contributed by atoms with van der Waals surface area (Å²) in [5, 5.41) is 6.68. The van der Waals surface area contributed by atoms with E-state index in [0.717, 1.165) is 22.6 Å². The van der Waals surface area contributed by atoms with E-state index in [2.05, 4.69) is 15.8 Å². The van der Waals surface area contributed by atoms with Crippen LogP contribution in [0.5, 0.6) is 0 Å². The Bertz CT molecular complexity index is 1080. The van der Waals surface area contributed by atoms with Gasteiger partial charge < -0.3 is 9.88 Å². The third-order valence-corrected chi connectivity index (χ3v) is 4.37. The van der Waals surface area contributed by atoms with Gasteiger partial charge in [-0.15, -0.1) is 0 Å². The van der Waals surface area contributed by atoms with Crippen molar-refractivity contribution in [2.24, 2.45) is 5.10 Å². The molecule has 0 aliphatic heterocycles. The van der Waals surface area contributed by atoms with Gasteiger partial charge >= 0.3 is 0 Å². The second-order valence-electron chi connectivity index (χ2n) is 6.60. The van der Waals surface area contributed by atoms with Gasteiger partial charge in [-0.1, -0.05) is 6.07 Å². The Morgan fingerprint density at radius 1 is 1.07 bits per heavy atom. The number of hydrogen-bond acceptors (Lipinski definition) is 3. The highest BCUT2D eigenvalue weighted by Gasteiger charge is 2.10. The molecule has 7 heteroatoms. The summed E-state index contributed by atoms with van der Waals surface area (Å²) < 4.78 is 15.2. The molecule has 0 spiro atoms. The predicted molar refractivity (Wildman–Crippen MR) is 111 cm³/mol. The van der Waals surface area contributed by atoms with Crippen molar-refractivity contribution in [2.75, 3.05) is 5.32 Å². The molecule has 2 aromatic carbocycles. The molecule has 1 aromatic heterocycles. The van der Waals surface area contributed by atoms with Gasteiger partial charge in [0, 0.05) is 40.8 Å². The van der Waals surface area contributed by atoms with Crippen LogP contribution in [0.2, 0.25) is 0 Å². The van der Waals surface area contributed by atoms with Gasteiger partial charge in [0.05, 0.1) is 6.21 Å². The molecule has 0 fully saturated rings. The van der Waals surface area contributed by atoms with Crippen LogP contribution in [0.3, 0.4) is 0 Å². The Kier molecular flexibility index (Phi) is 5.87. The summed E-state index contributed by atoms with van der Waals surface area (Å²) >= 11 is 0. The Morgan fingerprint density at radius 2 is 1.79 bits per heavy atom. The number of nitrogens with one attached hydrogen (secondary N) is 2. The molecule has 0 atom stereocenters. The second kappa shape index (κ2) is 8.52. The smallest absolute Gasteiger partial charge is 0.271 e.